The lowest BCUT2D eigenvalue weighted by Crippen LogP contribution is -2.48. The minimum atomic E-state index is -3.74. The molecule has 2 aliphatic rings. The number of hydrogen-bond donors (Lipinski definition) is 1. The summed E-state index contributed by atoms with van der Waals surface area (Å²) in [7, 11) is -2.23. The van der Waals surface area contributed by atoms with Gasteiger partial charge in [-0.2, -0.15) is 4.31 Å². The van der Waals surface area contributed by atoms with Crippen molar-refractivity contribution >= 4 is 15.9 Å². The molecule has 0 radical (unpaired) electrons. The first kappa shape index (κ1) is 18.2. The molecule has 1 aromatic carbocycles. The zero-order valence-electron chi connectivity index (χ0n) is 14.8. The Morgan fingerprint density at radius 3 is 2.60 bits per heavy atom. The van der Waals surface area contributed by atoms with Gasteiger partial charge in [0.2, 0.25) is 15.9 Å². The molecule has 2 fully saturated rings. The fraction of sp³-hybridized carbons (Fsp3) is 0.611. The monoisotopic (exact) mass is 366 g/mol. The standard InChI is InChI=1S/C18H26N2O4S/c1-13-9-10-15(24-2)12-17(13)25(22,23)20-11-5-8-16(20)18(21)19-14-6-3-4-7-14/h9-10,12,14,16H,3-8,11H2,1-2H3,(H,19,21)/t16-/m0/s1. The second-order valence-corrected chi connectivity index (χ2v) is 8.75. The van der Waals surface area contributed by atoms with Crippen LogP contribution in [0.15, 0.2) is 23.1 Å². The van der Waals surface area contributed by atoms with Gasteiger partial charge in [-0.1, -0.05) is 18.9 Å². The highest BCUT2D eigenvalue weighted by atomic mass is 32.2. The van der Waals surface area contributed by atoms with E-state index in [1.165, 1.54) is 17.5 Å². The number of nitrogens with zero attached hydrogens (tertiary/aromatic N) is 1. The third kappa shape index (κ3) is 3.67. The molecule has 3 rings (SSSR count). The maximum Gasteiger partial charge on any atom is 0.244 e. The van der Waals surface area contributed by atoms with E-state index in [-0.39, 0.29) is 16.8 Å². The molecule has 138 valence electrons. The number of sulfonamides is 1. The number of carbonyl (C=O) groups is 1. The van der Waals surface area contributed by atoms with E-state index in [1.54, 1.807) is 19.1 Å². The zero-order chi connectivity index (χ0) is 18.0. The number of ether oxygens (including phenoxy) is 1. The van der Waals surface area contributed by atoms with Gasteiger partial charge in [-0.15, -0.1) is 0 Å². The number of hydrogen-bond acceptors (Lipinski definition) is 4. The van der Waals surface area contributed by atoms with E-state index < -0.39 is 16.1 Å². The Kier molecular flexibility index (Phi) is 5.34. The van der Waals surface area contributed by atoms with Crippen molar-refractivity contribution in [3.63, 3.8) is 0 Å². The Bertz CT molecular complexity index is 741. The van der Waals surface area contributed by atoms with Crippen LogP contribution < -0.4 is 10.1 Å². The van der Waals surface area contributed by atoms with Crippen LogP contribution in [-0.2, 0) is 14.8 Å². The molecule has 0 aromatic heterocycles. The summed E-state index contributed by atoms with van der Waals surface area (Å²) in [5.41, 5.74) is 0.655. The second-order valence-electron chi connectivity index (χ2n) is 6.90. The molecular formula is C18H26N2O4S. The average Bonchev–Trinajstić information content (AvgIpc) is 3.26. The van der Waals surface area contributed by atoms with E-state index in [4.69, 9.17) is 4.74 Å². The first-order valence-corrected chi connectivity index (χ1v) is 10.3. The van der Waals surface area contributed by atoms with E-state index in [9.17, 15) is 13.2 Å². The number of amides is 1. The Labute approximate surface area is 149 Å². The van der Waals surface area contributed by atoms with Crippen LogP contribution in [0.2, 0.25) is 0 Å². The zero-order valence-corrected chi connectivity index (χ0v) is 15.6. The van der Waals surface area contributed by atoms with Gasteiger partial charge in [0, 0.05) is 18.7 Å². The number of benzene rings is 1. The lowest BCUT2D eigenvalue weighted by molar-refractivity contribution is -0.124. The Balaban J connectivity index is 1.84. The van der Waals surface area contributed by atoms with Crippen LogP contribution in [0.1, 0.15) is 44.1 Å². The summed E-state index contributed by atoms with van der Waals surface area (Å²) in [6, 6.07) is 4.58. The van der Waals surface area contributed by atoms with Crippen molar-refractivity contribution in [2.75, 3.05) is 13.7 Å². The normalized spacial score (nSPS) is 22.2. The maximum absolute atomic E-state index is 13.2. The molecule has 6 nitrogen and oxygen atoms in total. The van der Waals surface area contributed by atoms with Crippen molar-refractivity contribution in [1.29, 1.82) is 0 Å². The van der Waals surface area contributed by atoms with Gasteiger partial charge in [-0.25, -0.2) is 8.42 Å². The number of carbonyl (C=O) groups excluding carboxylic acids is 1. The number of aryl methyl sites for hydroxylation is 1. The highest BCUT2D eigenvalue weighted by Crippen LogP contribution is 2.30. The van der Waals surface area contributed by atoms with Crippen molar-refractivity contribution in [1.82, 2.24) is 9.62 Å². The Morgan fingerprint density at radius 2 is 1.92 bits per heavy atom. The molecule has 1 amide bonds. The molecule has 25 heavy (non-hydrogen) atoms. The van der Waals surface area contributed by atoms with Crippen LogP contribution in [0, 0.1) is 6.92 Å². The molecule has 1 N–H and O–H groups in total. The molecule has 0 bridgehead atoms. The fourth-order valence-corrected chi connectivity index (χ4v) is 5.67. The van der Waals surface area contributed by atoms with Crippen molar-refractivity contribution in [2.45, 2.75) is 62.4 Å². The molecular weight excluding hydrogens is 340 g/mol. The smallest absolute Gasteiger partial charge is 0.244 e. The number of methoxy groups -OCH3 is 1. The average molecular weight is 366 g/mol. The number of rotatable bonds is 5. The molecule has 1 saturated carbocycles. The summed E-state index contributed by atoms with van der Waals surface area (Å²) in [5.74, 6) is 0.337. The first-order valence-electron chi connectivity index (χ1n) is 8.90. The molecule has 1 atom stereocenters. The quantitative estimate of drug-likeness (QED) is 0.867. The minimum Gasteiger partial charge on any atom is -0.497 e. The summed E-state index contributed by atoms with van der Waals surface area (Å²) in [6.07, 6.45) is 5.49. The summed E-state index contributed by atoms with van der Waals surface area (Å²) < 4.78 is 32.9. The van der Waals surface area contributed by atoms with E-state index in [1.807, 2.05) is 0 Å². The highest BCUT2D eigenvalue weighted by Gasteiger charge is 2.40. The maximum atomic E-state index is 13.2. The molecule has 0 unspecified atom stereocenters. The van der Waals surface area contributed by atoms with Gasteiger partial charge < -0.3 is 10.1 Å². The molecule has 1 aromatic rings. The number of nitrogens with one attached hydrogen (secondary N) is 1. The van der Waals surface area contributed by atoms with Gasteiger partial charge in [0.15, 0.2) is 0 Å². The SMILES string of the molecule is COc1ccc(C)c(S(=O)(=O)N2CCC[C@H]2C(=O)NC2CCCC2)c1. The lowest BCUT2D eigenvalue weighted by atomic mass is 10.2. The molecule has 1 aliphatic heterocycles. The molecule has 0 spiro atoms. The fourth-order valence-electron chi connectivity index (χ4n) is 3.77. The molecule has 1 heterocycles. The summed E-state index contributed by atoms with van der Waals surface area (Å²) in [5, 5.41) is 3.04. The summed E-state index contributed by atoms with van der Waals surface area (Å²) in [4.78, 5) is 12.9. The Hall–Kier alpha value is -1.60. The summed E-state index contributed by atoms with van der Waals surface area (Å²) in [6.45, 7) is 2.14. The van der Waals surface area contributed by atoms with Crippen LogP contribution in [0.3, 0.4) is 0 Å². The Morgan fingerprint density at radius 1 is 1.20 bits per heavy atom. The van der Waals surface area contributed by atoms with Gasteiger partial charge in [-0.3, -0.25) is 4.79 Å². The van der Waals surface area contributed by atoms with Gasteiger partial charge in [-0.05, 0) is 44.2 Å². The van der Waals surface area contributed by atoms with Gasteiger partial charge in [0.25, 0.3) is 0 Å². The molecule has 1 aliphatic carbocycles. The van der Waals surface area contributed by atoms with E-state index in [0.717, 1.165) is 25.7 Å². The van der Waals surface area contributed by atoms with Crippen molar-refractivity contribution < 1.29 is 17.9 Å². The van der Waals surface area contributed by atoms with Crippen molar-refractivity contribution in [3.05, 3.63) is 23.8 Å². The molecule has 1 saturated heterocycles. The van der Waals surface area contributed by atoms with Gasteiger partial charge in [0.05, 0.1) is 12.0 Å². The van der Waals surface area contributed by atoms with E-state index >= 15 is 0 Å². The topological polar surface area (TPSA) is 75.7 Å². The second kappa shape index (κ2) is 7.33. The van der Waals surface area contributed by atoms with Crippen molar-refractivity contribution in [3.8, 4) is 5.75 Å². The predicted octanol–water partition coefficient (Wildman–Crippen LogP) is 2.22. The van der Waals surface area contributed by atoms with Crippen LogP contribution in [0.4, 0.5) is 0 Å². The van der Waals surface area contributed by atoms with Crippen LogP contribution in [0.25, 0.3) is 0 Å². The summed E-state index contributed by atoms with van der Waals surface area (Å²) >= 11 is 0. The first-order chi connectivity index (χ1) is 11.9. The van der Waals surface area contributed by atoms with Gasteiger partial charge >= 0.3 is 0 Å². The van der Waals surface area contributed by atoms with Crippen molar-refractivity contribution in [2.24, 2.45) is 0 Å². The molecule has 7 heteroatoms. The van der Waals surface area contributed by atoms with E-state index in [2.05, 4.69) is 5.32 Å². The lowest BCUT2D eigenvalue weighted by Gasteiger charge is -2.25. The largest absolute Gasteiger partial charge is 0.497 e. The highest BCUT2D eigenvalue weighted by molar-refractivity contribution is 7.89. The van der Waals surface area contributed by atoms with Crippen LogP contribution in [-0.4, -0.2) is 44.4 Å². The third-order valence-corrected chi connectivity index (χ3v) is 7.24. The predicted molar refractivity (Wildman–Crippen MR) is 95.0 cm³/mol. The van der Waals surface area contributed by atoms with Gasteiger partial charge in [0.1, 0.15) is 11.8 Å². The third-order valence-electron chi connectivity index (χ3n) is 5.19. The van der Waals surface area contributed by atoms with E-state index in [0.29, 0.717) is 30.7 Å². The van der Waals surface area contributed by atoms with Crippen LogP contribution >= 0.6 is 0 Å². The minimum absolute atomic E-state index is 0.159. The van der Waals surface area contributed by atoms with Crippen LogP contribution in [0.5, 0.6) is 5.75 Å².